The third kappa shape index (κ3) is 4.89. The minimum Gasteiger partial charge on any atom is -0.455 e. The molecule has 2 aliphatic rings. The number of nitrogens with zero attached hydrogens (tertiary/aromatic N) is 6. The van der Waals surface area contributed by atoms with Crippen LogP contribution in [0.5, 0.6) is 11.5 Å². The zero-order chi connectivity index (χ0) is 26.9. The highest BCUT2D eigenvalue weighted by Crippen LogP contribution is 2.40. The third-order valence-corrected chi connectivity index (χ3v) is 8.32. The van der Waals surface area contributed by atoms with Gasteiger partial charge in [-0.2, -0.15) is 5.26 Å². The minimum absolute atomic E-state index is 0.346. The molecule has 0 unspecified atom stereocenters. The molecule has 0 amide bonds. The van der Waals surface area contributed by atoms with Crippen LogP contribution in [-0.4, -0.2) is 63.6 Å². The summed E-state index contributed by atoms with van der Waals surface area (Å²) < 4.78 is 8.60. The molecule has 200 valence electrons. The number of nitrogens with two attached hydrogens (primary N) is 2. The van der Waals surface area contributed by atoms with E-state index in [0.29, 0.717) is 40.7 Å². The van der Waals surface area contributed by atoms with Crippen LogP contribution < -0.4 is 16.2 Å². The predicted molar refractivity (Wildman–Crippen MR) is 153 cm³/mol. The summed E-state index contributed by atoms with van der Waals surface area (Å²) in [4.78, 5) is 13.9. The maximum absolute atomic E-state index is 9.55. The summed E-state index contributed by atoms with van der Waals surface area (Å²) in [5.74, 6) is 1.73. The van der Waals surface area contributed by atoms with Crippen LogP contribution in [0, 0.1) is 11.3 Å². The zero-order valence-electron chi connectivity index (χ0n) is 22.3. The van der Waals surface area contributed by atoms with E-state index in [4.69, 9.17) is 16.2 Å². The lowest BCUT2D eigenvalue weighted by Gasteiger charge is -2.41. The first-order chi connectivity index (χ1) is 19.0. The van der Waals surface area contributed by atoms with Crippen molar-refractivity contribution in [3.8, 4) is 28.7 Å². The Bertz CT molecular complexity index is 1510. The molecule has 0 spiro atoms. The van der Waals surface area contributed by atoms with E-state index in [2.05, 4.69) is 37.5 Å². The lowest BCUT2D eigenvalue weighted by atomic mass is 9.89. The third-order valence-electron chi connectivity index (χ3n) is 8.32. The highest BCUT2D eigenvalue weighted by molar-refractivity contribution is 5.93. The van der Waals surface area contributed by atoms with E-state index >= 15 is 0 Å². The summed E-state index contributed by atoms with van der Waals surface area (Å²) in [6.45, 7) is 4.63. The van der Waals surface area contributed by atoms with Crippen LogP contribution in [0.3, 0.4) is 0 Å². The van der Waals surface area contributed by atoms with Gasteiger partial charge >= 0.3 is 0 Å². The number of aromatic nitrogens is 3. The van der Waals surface area contributed by atoms with E-state index in [9.17, 15) is 5.26 Å². The number of hydrogen-bond acceptors (Lipinski definition) is 8. The lowest BCUT2D eigenvalue weighted by molar-refractivity contribution is 0.0827. The molecule has 39 heavy (non-hydrogen) atoms. The molecule has 0 bridgehead atoms. The predicted octanol–water partition coefficient (Wildman–Crippen LogP) is 4.66. The second kappa shape index (κ2) is 10.6. The highest BCUT2D eigenvalue weighted by atomic mass is 16.5. The van der Waals surface area contributed by atoms with Crippen molar-refractivity contribution in [3.05, 3.63) is 60.6 Å². The van der Waals surface area contributed by atoms with E-state index in [1.165, 1.54) is 19.2 Å². The molecule has 2 aromatic carbocycles. The van der Waals surface area contributed by atoms with E-state index < -0.39 is 0 Å². The molecule has 0 radical (unpaired) electrons. The average molecular weight is 523 g/mol. The van der Waals surface area contributed by atoms with Gasteiger partial charge < -0.3 is 25.7 Å². The molecule has 1 aliphatic carbocycles. The smallest absolute Gasteiger partial charge is 0.158 e. The fourth-order valence-electron chi connectivity index (χ4n) is 6.08. The van der Waals surface area contributed by atoms with Crippen molar-refractivity contribution < 1.29 is 4.74 Å². The van der Waals surface area contributed by atoms with Crippen molar-refractivity contribution >= 4 is 22.5 Å². The van der Waals surface area contributed by atoms with Crippen LogP contribution in [0.1, 0.15) is 37.3 Å². The quantitative estimate of drug-likeness (QED) is 0.363. The zero-order valence-corrected chi connectivity index (χ0v) is 22.3. The Hall–Kier alpha value is -4.13. The molecule has 1 saturated carbocycles. The topological polar surface area (TPSA) is 122 Å². The van der Waals surface area contributed by atoms with E-state index in [1.54, 1.807) is 6.07 Å². The van der Waals surface area contributed by atoms with Crippen LogP contribution >= 0.6 is 0 Å². The van der Waals surface area contributed by atoms with E-state index in [0.717, 1.165) is 61.2 Å². The number of benzene rings is 2. The first-order valence-corrected chi connectivity index (χ1v) is 13.6. The van der Waals surface area contributed by atoms with Crippen LogP contribution in [0.2, 0.25) is 0 Å². The van der Waals surface area contributed by atoms with Gasteiger partial charge in [0, 0.05) is 50.0 Å². The minimum atomic E-state index is 0.346. The normalized spacial score (nSPS) is 20.6. The number of piperazine rings is 1. The number of ether oxygens (including phenoxy) is 1. The Morgan fingerprint density at radius 2 is 1.64 bits per heavy atom. The number of nitriles is 1. The molecule has 4 N–H and O–H groups in total. The Balaban J connectivity index is 1.23. The number of rotatable bonds is 5. The van der Waals surface area contributed by atoms with Crippen molar-refractivity contribution in [2.24, 2.45) is 0 Å². The number of anilines is 2. The standard InChI is InChI=1S/C30H34N8O/c1-36-13-15-37(16-14-36)21-7-9-22(10-8-21)38-18-27(28-29(33)34-19-35-30(28)38)39-23-11-5-20(6-12-23)24-3-2-4-26(32)25(24)17-31/h2-6,11-12,18-19,21-22H,7-10,13-16,32H2,1H3,(H2,33,34,35). The van der Waals surface area contributed by atoms with Gasteiger partial charge in [0.2, 0.25) is 0 Å². The molecule has 6 rings (SSSR count). The molecule has 2 aromatic heterocycles. The number of likely N-dealkylation sites (N-methyl/N-ethyl adjacent to an activating group) is 1. The van der Waals surface area contributed by atoms with Gasteiger partial charge in [0.1, 0.15) is 35.0 Å². The second-order valence-electron chi connectivity index (χ2n) is 10.7. The van der Waals surface area contributed by atoms with Crippen molar-refractivity contribution in [2.45, 2.75) is 37.8 Å². The van der Waals surface area contributed by atoms with Gasteiger partial charge in [0.15, 0.2) is 5.75 Å². The fourth-order valence-corrected chi connectivity index (χ4v) is 6.08. The van der Waals surface area contributed by atoms with Crippen LogP contribution in [0.4, 0.5) is 11.5 Å². The molecular formula is C30H34N8O. The van der Waals surface area contributed by atoms with Gasteiger partial charge in [-0.3, -0.25) is 4.90 Å². The molecular weight excluding hydrogens is 488 g/mol. The number of fused-ring (bicyclic) bond motifs is 1. The summed E-state index contributed by atoms with van der Waals surface area (Å²) >= 11 is 0. The first-order valence-electron chi connectivity index (χ1n) is 13.6. The van der Waals surface area contributed by atoms with Crippen molar-refractivity contribution in [3.63, 3.8) is 0 Å². The average Bonchev–Trinajstić information content (AvgIpc) is 3.33. The Kier molecular flexibility index (Phi) is 6.81. The molecule has 2 fully saturated rings. The largest absolute Gasteiger partial charge is 0.455 e. The Labute approximate surface area is 228 Å². The lowest BCUT2D eigenvalue weighted by Crippen LogP contribution is -2.49. The maximum Gasteiger partial charge on any atom is 0.158 e. The summed E-state index contributed by atoms with van der Waals surface area (Å²) in [5, 5.41) is 10.3. The van der Waals surface area contributed by atoms with Crippen molar-refractivity contribution in [2.75, 3.05) is 44.7 Å². The molecule has 3 heterocycles. The van der Waals surface area contributed by atoms with E-state index in [-0.39, 0.29) is 0 Å². The summed E-state index contributed by atoms with van der Waals surface area (Å²) in [6.07, 6.45) is 8.12. The Morgan fingerprint density at radius 1 is 0.923 bits per heavy atom. The van der Waals surface area contributed by atoms with E-state index in [1.807, 2.05) is 42.6 Å². The molecule has 1 saturated heterocycles. The highest BCUT2D eigenvalue weighted by Gasteiger charge is 2.30. The SMILES string of the molecule is CN1CCN(C2CCC(n3cc(Oc4ccc(-c5cccc(N)c5C#N)cc4)c4c(N)ncnc43)CC2)CC1. The van der Waals surface area contributed by atoms with Gasteiger partial charge in [-0.05, 0) is 56.5 Å². The van der Waals surface area contributed by atoms with Gasteiger partial charge in [0.25, 0.3) is 0 Å². The van der Waals surface area contributed by atoms with Crippen LogP contribution in [-0.2, 0) is 0 Å². The van der Waals surface area contributed by atoms with Crippen LogP contribution in [0.15, 0.2) is 55.0 Å². The van der Waals surface area contributed by atoms with Gasteiger partial charge in [-0.15, -0.1) is 0 Å². The Morgan fingerprint density at radius 3 is 2.36 bits per heavy atom. The van der Waals surface area contributed by atoms with Crippen molar-refractivity contribution in [1.29, 1.82) is 5.26 Å². The van der Waals surface area contributed by atoms with Crippen LogP contribution in [0.25, 0.3) is 22.2 Å². The van der Waals surface area contributed by atoms with Gasteiger partial charge in [-0.25, -0.2) is 9.97 Å². The maximum atomic E-state index is 9.55. The van der Waals surface area contributed by atoms with Gasteiger partial charge in [-0.1, -0.05) is 24.3 Å². The fraction of sp³-hybridized carbons (Fsp3) is 0.367. The number of hydrogen-bond donors (Lipinski definition) is 2. The number of nitrogen functional groups attached to an aromatic ring is 2. The molecule has 4 aromatic rings. The summed E-state index contributed by atoms with van der Waals surface area (Å²) in [5.41, 5.74) is 15.8. The summed E-state index contributed by atoms with van der Waals surface area (Å²) in [6, 6.07) is 16.4. The van der Waals surface area contributed by atoms with Gasteiger partial charge in [0.05, 0.1) is 11.3 Å². The monoisotopic (exact) mass is 522 g/mol. The van der Waals surface area contributed by atoms with Crippen molar-refractivity contribution in [1.82, 2.24) is 24.3 Å². The second-order valence-corrected chi connectivity index (χ2v) is 10.7. The molecule has 9 heteroatoms. The molecule has 1 aliphatic heterocycles. The first kappa shape index (κ1) is 25.2. The summed E-state index contributed by atoms with van der Waals surface area (Å²) in [7, 11) is 2.21. The molecule has 9 nitrogen and oxygen atoms in total. The molecule has 0 atom stereocenters.